The zero-order valence-corrected chi connectivity index (χ0v) is 16.6. The lowest BCUT2D eigenvalue weighted by atomic mass is 10.1. The number of benzene rings is 2. The number of hydrogen-bond acceptors (Lipinski definition) is 3. The number of pyridine rings is 1. The summed E-state index contributed by atoms with van der Waals surface area (Å²) < 4.78 is 5.92. The second-order valence-electron chi connectivity index (χ2n) is 6.98. The Hall–Kier alpha value is -3.14. The van der Waals surface area contributed by atoms with E-state index in [2.05, 4.69) is 17.2 Å². The third-order valence-corrected chi connectivity index (χ3v) is 4.80. The Morgan fingerprint density at radius 1 is 0.964 bits per heavy atom. The van der Waals surface area contributed by atoms with Gasteiger partial charge in [0.25, 0.3) is 5.91 Å². The summed E-state index contributed by atoms with van der Waals surface area (Å²) in [7, 11) is 0. The lowest BCUT2D eigenvalue weighted by molar-refractivity contribution is -0.122. The van der Waals surface area contributed by atoms with Crippen LogP contribution in [-0.2, 0) is 11.2 Å². The van der Waals surface area contributed by atoms with Crippen LogP contribution in [0.1, 0.15) is 35.6 Å². The van der Waals surface area contributed by atoms with Gasteiger partial charge in [-0.1, -0.05) is 25.1 Å². The summed E-state index contributed by atoms with van der Waals surface area (Å²) in [6.45, 7) is 6.04. The van der Waals surface area contributed by atoms with Crippen molar-refractivity contribution in [3.05, 3.63) is 89.2 Å². The summed E-state index contributed by atoms with van der Waals surface area (Å²) in [5, 5.41) is 2.96. The summed E-state index contributed by atoms with van der Waals surface area (Å²) in [6, 6.07) is 17.8. The zero-order valence-electron chi connectivity index (χ0n) is 16.6. The van der Waals surface area contributed by atoms with Gasteiger partial charge in [0.15, 0.2) is 6.10 Å². The Balaban J connectivity index is 1.61. The number of carbonyl (C=O) groups is 1. The van der Waals surface area contributed by atoms with Crippen LogP contribution in [-0.4, -0.2) is 17.0 Å². The third kappa shape index (κ3) is 5.19. The lowest BCUT2D eigenvalue weighted by Crippen LogP contribution is -2.32. The fraction of sp³-hybridized carbons (Fsp3) is 0.250. The average Bonchev–Trinajstić information content (AvgIpc) is 2.71. The number of carbonyl (C=O) groups excluding carboxylic acids is 1. The van der Waals surface area contributed by atoms with Gasteiger partial charge in [-0.2, -0.15) is 0 Å². The Labute approximate surface area is 166 Å². The van der Waals surface area contributed by atoms with Crippen molar-refractivity contribution in [3.63, 3.8) is 0 Å². The van der Waals surface area contributed by atoms with Crippen molar-refractivity contribution in [2.45, 2.75) is 39.7 Å². The minimum atomic E-state index is -0.529. The first kappa shape index (κ1) is 19.6. The van der Waals surface area contributed by atoms with Crippen LogP contribution in [0.15, 0.2) is 67.0 Å². The highest BCUT2D eigenvalue weighted by molar-refractivity contribution is 5.94. The van der Waals surface area contributed by atoms with Crippen LogP contribution in [0.4, 0.5) is 5.69 Å². The molecule has 1 N–H and O–H groups in total. The number of aromatic nitrogens is 1. The molecule has 0 saturated heterocycles. The molecule has 28 heavy (non-hydrogen) atoms. The molecule has 0 fully saturated rings. The molecule has 0 aliphatic rings. The molecule has 0 bridgehead atoms. The largest absolute Gasteiger partial charge is 0.481 e. The molecule has 1 heterocycles. The number of aryl methyl sites for hydroxylation is 2. The standard InChI is InChI=1S/C24H26N2O2/c1-4-23(28-22-10-5-17(2)18(3)15-22)24(27)26-21-8-6-19(7-9-21)16-20-11-13-25-14-12-20/h5-15,23H,4,16H2,1-3H3,(H,26,27). The van der Waals surface area contributed by atoms with Crippen LogP contribution in [0.25, 0.3) is 0 Å². The molecule has 144 valence electrons. The SMILES string of the molecule is CCC(Oc1ccc(C)c(C)c1)C(=O)Nc1ccc(Cc2ccncc2)cc1. The van der Waals surface area contributed by atoms with E-state index in [1.165, 1.54) is 16.7 Å². The van der Waals surface area contributed by atoms with Crippen molar-refractivity contribution in [1.29, 1.82) is 0 Å². The first-order valence-corrected chi connectivity index (χ1v) is 9.57. The van der Waals surface area contributed by atoms with Gasteiger partial charge in [0.05, 0.1) is 0 Å². The van der Waals surface area contributed by atoms with E-state index in [4.69, 9.17) is 4.74 Å². The van der Waals surface area contributed by atoms with Gasteiger partial charge in [0.1, 0.15) is 5.75 Å². The number of hydrogen-bond donors (Lipinski definition) is 1. The summed E-state index contributed by atoms with van der Waals surface area (Å²) in [5.41, 5.74) is 5.52. The van der Waals surface area contributed by atoms with Crippen molar-refractivity contribution < 1.29 is 9.53 Å². The molecule has 1 aromatic heterocycles. The van der Waals surface area contributed by atoms with Gasteiger partial charge in [-0.05, 0) is 85.3 Å². The van der Waals surface area contributed by atoms with E-state index in [0.29, 0.717) is 6.42 Å². The number of nitrogens with zero attached hydrogens (tertiary/aromatic N) is 1. The van der Waals surface area contributed by atoms with E-state index in [1.54, 1.807) is 12.4 Å². The molecule has 0 radical (unpaired) electrons. The predicted molar refractivity (Wildman–Crippen MR) is 113 cm³/mol. The highest BCUT2D eigenvalue weighted by atomic mass is 16.5. The van der Waals surface area contributed by atoms with E-state index in [0.717, 1.165) is 23.4 Å². The number of rotatable bonds is 7. The fourth-order valence-electron chi connectivity index (χ4n) is 2.94. The van der Waals surface area contributed by atoms with Gasteiger partial charge in [-0.25, -0.2) is 0 Å². The van der Waals surface area contributed by atoms with Gasteiger partial charge in [0.2, 0.25) is 0 Å². The Morgan fingerprint density at radius 2 is 1.64 bits per heavy atom. The summed E-state index contributed by atoms with van der Waals surface area (Å²) in [6.07, 6.45) is 4.50. The highest BCUT2D eigenvalue weighted by Crippen LogP contribution is 2.20. The second kappa shape index (κ2) is 9.18. The molecule has 2 aromatic carbocycles. The smallest absolute Gasteiger partial charge is 0.265 e. The summed E-state index contributed by atoms with van der Waals surface area (Å²) in [5.74, 6) is 0.584. The average molecular weight is 374 g/mol. The Bertz CT molecular complexity index is 921. The van der Waals surface area contributed by atoms with Crippen LogP contribution < -0.4 is 10.1 Å². The quantitative estimate of drug-likeness (QED) is 0.627. The molecule has 0 spiro atoms. The minimum absolute atomic E-state index is 0.136. The predicted octanol–water partition coefficient (Wildman–Crippen LogP) is 5.09. The van der Waals surface area contributed by atoms with Crippen molar-refractivity contribution in [1.82, 2.24) is 4.98 Å². The van der Waals surface area contributed by atoms with Crippen LogP contribution in [0.3, 0.4) is 0 Å². The van der Waals surface area contributed by atoms with Gasteiger partial charge in [0, 0.05) is 18.1 Å². The number of nitrogens with one attached hydrogen (secondary N) is 1. The lowest BCUT2D eigenvalue weighted by Gasteiger charge is -2.18. The van der Waals surface area contributed by atoms with E-state index >= 15 is 0 Å². The van der Waals surface area contributed by atoms with Crippen LogP contribution >= 0.6 is 0 Å². The topological polar surface area (TPSA) is 51.2 Å². The van der Waals surface area contributed by atoms with Crippen molar-refractivity contribution >= 4 is 11.6 Å². The maximum Gasteiger partial charge on any atom is 0.265 e. The maximum atomic E-state index is 12.6. The monoisotopic (exact) mass is 374 g/mol. The molecule has 4 heteroatoms. The zero-order chi connectivity index (χ0) is 19.9. The van der Waals surface area contributed by atoms with Gasteiger partial charge < -0.3 is 10.1 Å². The normalized spacial score (nSPS) is 11.7. The van der Waals surface area contributed by atoms with Crippen LogP contribution in [0.5, 0.6) is 5.75 Å². The highest BCUT2D eigenvalue weighted by Gasteiger charge is 2.18. The van der Waals surface area contributed by atoms with Crippen molar-refractivity contribution in [2.24, 2.45) is 0 Å². The number of anilines is 1. The molecule has 0 aliphatic heterocycles. The number of ether oxygens (including phenoxy) is 1. The van der Waals surface area contributed by atoms with E-state index in [1.807, 2.05) is 68.4 Å². The molecule has 1 atom stereocenters. The first-order valence-electron chi connectivity index (χ1n) is 9.57. The van der Waals surface area contributed by atoms with Crippen LogP contribution in [0.2, 0.25) is 0 Å². The van der Waals surface area contributed by atoms with E-state index < -0.39 is 6.10 Å². The van der Waals surface area contributed by atoms with Gasteiger partial charge in [-0.15, -0.1) is 0 Å². The Morgan fingerprint density at radius 3 is 2.29 bits per heavy atom. The molecular formula is C24H26N2O2. The van der Waals surface area contributed by atoms with Gasteiger partial charge >= 0.3 is 0 Å². The van der Waals surface area contributed by atoms with E-state index in [-0.39, 0.29) is 5.91 Å². The van der Waals surface area contributed by atoms with Crippen molar-refractivity contribution in [3.8, 4) is 5.75 Å². The molecular weight excluding hydrogens is 348 g/mol. The van der Waals surface area contributed by atoms with Crippen LogP contribution in [0, 0.1) is 13.8 Å². The van der Waals surface area contributed by atoms with E-state index in [9.17, 15) is 4.79 Å². The number of amides is 1. The molecule has 3 aromatic rings. The fourth-order valence-corrected chi connectivity index (χ4v) is 2.94. The molecule has 3 rings (SSSR count). The second-order valence-corrected chi connectivity index (χ2v) is 6.98. The molecule has 1 amide bonds. The molecule has 0 saturated carbocycles. The minimum Gasteiger partial charge on any atom is -0.481 e. The molecule has 1 unspecified atom stereocenters. The summed E-state index contributed by atoms with van der Waals surface area (Å²) in [4.78, 5) is 16.7. The van der Waals surface area contributed by atoms with Gasteiger partial charge in [-0.3, -0.25) is 9.78 Å². The van der Waals surface area contributed by atoms with Crippen molar-refractivity contribution in [2.75, 3.05) is 5.32 Å². The maximum absolute atomic E-state index is 12.6. The molecule has 0 aliphatic carbocycles. The third-order valence-electron chi connectivity index (χ3n) is 4.80. The Kier molecular flexibility index (Phi) is 6.43. The molecule has 4 nitrogen and oxygen atoms in total. The summed E-state index contributed by atoms with van der Waals surface area (Å²) >= 11 is 0. The first-order chi connectivity index (χ1) is 13.5.